The van der Waals surface area contributed by atoms with Crippen LogP contribution in [0.3, 0.4) is 0 Å². The molecule has 2 aliphatic rings. The van der Waals surface area contributed by atoms with Gasteiger partial charge in [0, 0.05) is 40.6 Å². The summed E-state index contributed by atoms with van der Waals surface area (Å²) >= 11 is 0. The number of carbonyl (C=O) groups is 6. The maximum Gasteiger partial charge on any atom is 0.407 e. The van der Waals surface area contributed by atoms with Crippen molar-refractivity contribution in [2.45, 2.75) is 116 Å². The number of carboxylic acid groups (broad SMARTS) is 1. The molecule has 4 amide bonds. The third-order valence-corrected chi connectivity index (χ3v) is 8.33. The highest BCUT2D eigenvalue weighted by Gasteiger charge is 2.36. The third kappa shape index (κ3) is 16.6. The number of hydrogen-bond donors (Lipinski definition) is 5. The van der Waals surface area contributed by atoms with Gasteiger partial charge in [-0.15, -0.1) is 0 Å². The molecule has 6 unspecified atom stereocenters. The smallest absolute Gasteiger partial charge is 0.407 e. The van der Waals surface area contributed by atoms with E-state index in [-0.39, 0.29) is 68.9 Å². The van der Waals surface area contributed by atoms with Crippen LogP contribution in [-0.2, 0) is 33.3 Å². The summed E-state index contributed by atoms with van der Waals surface area (Å²) in [6.45, 7) is 12.0. The average molecular weight is 699 g/mol. The lowest BCUT2D eigenvalue weighted by Crippen LogP contribution is -2.54. The Kier molecular flexibility index (Phi) is 16.4. The highest BCUT2D eigenvalue weighted by Crippen LogP contribution is 2.29. The van der Waals surface area contributed by atoms with Gasteiger partial charge in [0.2, 0.25) is 0 Å². The zero-order valence-electron chi connectivity index (χ0n) is 29.4. The van der Waals surface area contributed by atoms with Crippen LogP contribution in [0.5, 0.6) is 0 Å². The zero-order chi connectivity index (χ0) is 36.6. The second-order valence-electron chi connectivity index (χ2n) is 13.9. The number of esters is 1. The molecule has 278 valence electrons. The molecule has 0 bridgehead atoms. The van der Waals surface area contributed by atoms with E-state index < -0.39 is 47.4 Å². The minimum Gasteiger partial charge on any atom is -0.481 e. The maximum atomic E-state index is 12.6. The molecule has 0 saturated heterocycles. The van der Waals surface area contributed by atoms with Crippen LogP contribution in [0.25, 0.3) is 0 Å². The number of ether oxygens (including phenoxy) is 5. The lowest BCUT2D eigenvalue weighted by Gasteiger charge is -2.38. The first kappa shape index (κ1) is 40.9. The van der Waals surface area contributed by atoms with Crippen LogP contribution >= 0.6 is 0 Å². The molecular weight excluding hydrogens is 644 g/mol. The summed E-state index contributed by atoms with van der Waals surface area (Å²) in [6, 6.07) is -0.471. The van der Waals surface area contributed by atoms with E-state index in [4.69, 9.17) is 28.8 Å². The van der Waals surface area contributed by atoms with Crippen molar-refractivity contribution >= 4 is 36.3 Å². The minimum atomic E-state index is -0.958. The Bertz CT molecular complexity index is 1180. The molecule has 6 atom stereocenters. The summed E-state index contributed by atoms with van der Waals surface area (Å²) in [6.07, 6.45) is 2.62. The molecule has 0 spiro atoms. The number of rotatable bonds is 16. The fourth-order valence-electron chi connectivity index (χ4n) is 5.88. The Morgan fingerprint density at radius 1 is 0.714 bits per heavy atom. The van der Waals surface area contributed by atoms with Gasteiger partial charge in [0.15, 0.2) is 0 Å². The molecule has 2 fully saturated rings. The number of alkyl carbamates (subject to hydrolysis) is 4. The minimum absolute atomic E-state index is 0.00806. The molecule has 0 aromatic heterocycles. The van der Waals surface area contributed by atoms with Crippen LogP contribution < -0.4 is 21.3 Å². The van der Waals surface area contributed by atoms with Crippen LogP contribution in [-0.4, -0.2) is 97.6 Å². The molecule has 0 radical (unpaired) electrons. The molecule has 2 aliphatic carbocycles. The van der Waals surface area contributed by atoms with E-state index in [1.54, 1.807) is 13.8 Å². The van der Waals surface area contributed by atoms with Crippen LogP contribution in [0.4, 0.5) is 19.2 Å². The SMILES string of the molecule is C=C(C)C(=O)OCCOC(=O)NC1(C)CCCC(NC(=O)OCC(C)COC(=O)NC2(C)CCCC(NC(=O)OCC(C)CC(=O)O)C2)C1. The van der Waals surface area contributed by atoms with E-state index >= 15 is 0 Å². The van der Waals surface area contributed by atoms with Crippen molar-refractivity contribution < 1.29 is 57.6 Å². The molecule has 16 heteroatoms. The van der Waals surface area contributed by atoms with Crippen LogP contribution in [0, 0.1) is 11.8 Å². The monoisotopic (exact) mass is 698 g/mol. The Balaban J connectivity index is 1.66. The van der Waals surface area contributed by atoms with Gasteiger partial charge in [0.05, 0.1) is 26.2 Å². The van der Waals surface area contributed by atoms with E-state index in [0.717, 1.165) is 12.8 Å². The van der Waals surface area contributed by atoms with Gasteiger partial charge >= 0.3 is 36.3 Å². The highest BCUT2D eigenvalue weighted by atomic mass is 16.6. The molecular formula is C33H54N4O12. The van der Waals surface area contributed by atoms with Gasteiger partial charge in [-0.25, -0.2) is 24.0 Å². The fourth-order valence-corrected chi connectivity index (χ4v) is 5.88. The Morgan fingerprint density at radius 3 is 1.61 bits per heavy atom. The van der Waals surface area contributed by atoms with Crippen molar-refractivity contribution in [3.05, 3.63) is 12.2 Å². The first-order valence-corrected chi connectivity index (χ1v) is 16.8. The number of hydrogen-bond acceptors (Lipinski definition) is 11. The van der Waals surface area contributed by atoms with E-state index in [1.165, 1.54) is 6.92 Å². The molecule has 2 saturated carbocycles. The Morgan fingerprint density at radius 2 is 1.14 bits per heavy atom. The highest BCUT2D eigenvalue weighted by molar-refractivity contribution is 5.86. The summed E-state index contributed by atoms with van der Waals surface area (Å²) in [5.74, 6) is -2.11. The van der Waals surface area contributed by atoms with Gasteiger partial charge in [0.1, 0.15) is 13.2 Å². The van der Waals surface area contributed by atoms with Gasteiger partial charge in [0.25, 0.3) is 0 Å². The predicted octanol–water partition coefficient (Wildman–Crippen LogP) is 4.16. The second kappa shape index (κ2) is 19.7. The van der Waals surface area contributed by atoms with Gasteiger partial charge in [-0.3, -0.25) is 4.79 Å². The molecule has 0 aromatic rings. The van der Waals surface area contributed by atoms with Crippen molar-refractivity contribution in [2.75, 3.05) is 33.0 Å². The average Bonchev–Trinajstić information content (AvgIpc) is 2.99. The van der Waals surface area contributed by atoms with Gasteiger partial charge in [-0.05, 0) is 72.1 Å². The van der Waals surface area contributed by atoms with Crippen LogP contribution in [0.2, 0.25) is 0 Å². The van der Waals surface area contributed by atoms with Crippen molar-refractivity contribution in [1.82, 2.24) is 21.3 Å². The topological polar surface area (TPSA) is 217 Å². The second-order valence-corrected chi connectivity index (χ2v) is 13.9. The molecule has 5 N–H and O–H groups in total. The summed E-state index contributed by atoms with van der Waals surface area (Å²) in [5.41, 5.74) is -0.988. The summed E-state index contributed by atoms with van der Waals surface area (Å²) in [5, 5.41) is 20.2. The summed E-state index contributed by atoms with van der Waals surface area (Å²) < 4.78 is 25.9. The number of carboxylic acids is 1. The van der Waals surface area contributed by atoms with E-state index in [0.29, 0.717) is 38.5 Å². The molecule has 0 aliphatic heterocycles. The van der Waals surface area contributed by atoms with E-state index in [2.05, 4.69) is 27.8 Å². The molecule has 49 heavy (non-hydrogen) atoms. The van der Waals surface area contributed by atoms with Gasteiger partial charge < -0.3 is 50.1 Å². The van der Waals surface area contributed by atoms with Crippen LogP contribution in [0.1, 0.15) is 92.4 Å². The third-order valence-electron chi connectivity index (χ3n) is 8.33. The fraction of sp³-hybridized carbons (Fsp3) is 0.758. The van der Waals surface area contributed by atoms with Crippen molar-refractivity contribution in [3.8, 4) is 0 Å². The first-order valence-electron chi connectivity index (χ1n) is 16.8. The molecule has 16 nitrogen and oxygen atoms in total. The van der Waals surface area contributed by atoms with Gasteiger partial charge in [-0.2, -0.15) is 0 Å². The number of nitrogens with one attached hydrogen (secondary N) is 4. The number of amides is 4. The lowest BCUT2D eigenvalue weighted by molar-refractivity contribution is -0.140. The Labute approximate surface area is 287 Å². The number of aliphatic carboxylic acids is 1. The van der Waals surface area contributed by atoms with Gasteiger partial charge in [-0.1, -0.05) is 20.4 Å². The molecule has 0 aromatic carbocycles. The van der Waals surface area contributed by atoms with Crippen molar-refractivity contribution in [3.63, 3.8) is 0 Å². The summed E-state index contributed by atoms with van der Waals surface area (Å²) in [4.78, 5) is 71.8. The van der Waals surface area contributed by atoms with E-state index in [1.807, 2.05) is 13.8 Å². The standard InChI is InChI=1S/C33H54N4O12/c1-21(2)27(40)45-13-14-46-30(43)36-32(5)11-7-9-24(16-32)35-29(42)48-19-23(4)20-49-31(44)37-33(6)12-8-10-25(17-33)34-28(41)47-18-22(3)15-26(38)39/h22-25H,1,7-20H2,2-6H3,(H,34,41)(H,35,42)(H,36,43)(H,37,44)(H,38,39). The Hall–Kier alpha value is -4.24. The number of carbonyl (C=O) groups excluding carboxylic acids is 5. The normalized spacial score (nSPS) is 24.5. The quantitative estimate of drug-likeness (QED) is 0.0665. The first-order chi connectivity index (χ1) is 23.0. The molecule has 0 heterocycles. The zero-order valence-corrected chi connectivity index (χ0v) is 29.4. The lowest BCUT2D eigenvalue weighted by atomic mass is 9.80. The van der Waals surface area contributed by atoms with Crippen LogP contribution in [0.15, 0.2) is 12.2 Å². The molecule has 2 rings (SSSR count). The summed E-state index contributed by atoms with van der Waals surface area (Å²) in [7, 11) is 0. The van der Waals surface area contributed by atoms with E-state index in [9.17, 15) is 28.8 Å². The largest absolute Gasteiger partial charge is 0.481 e. The van der Waals surface area contributed by atoms with Crippen molar-refractivity contribution in [2.24, 2.45) is 11.8 Å². The maximum absolute atomic E-state index is 12.6. The van der Waals surface area contributed by atoms with Crippen molar-refractivity contribution in [1.29, 1.82) is 0 Å². The predicted molar refractivity (Wildman–Crippen MR) is 176 cm³/mol.